The van der Waals surface area contributed by atoms with Crippen LogP contribution >= 0.6 is 11.6 Å². The molecule has 3 aromatic rings. The van der Waals surface area contributed by atoms with Crippen molar-refractivity contribution in [3.8, 4) is 22.6 Å². The molecule has 8 nitrogen and oxygen atoms in total. The van der Waals surface area contributed by atoms with Crippen LogP contribution in [0.4, 0.5) is 13.2 Å². The molecule has 0 aliphatic heterocycles. The van der Waals surface area contributed by atoms with Gasteiger partial charge in [-0.2, -0.15) is 0 Å². The standard InChI is InChI=1S/C31H34ClF3N2O6/c1-31(2,3)43-12-11-24(25(38)9-6-18-5-8-20(30(36)40)23(33)13-18)37-16-27(41-4)22(15-29(37)39)21-14-19(32)7-10-26(21)42-17-28(34)35/h5,7-8,10,13-16,24,28H,6,9,11-12,17H2,1-4H3,(H2,36,40). The number of carbonyl (C=O) groups is 2. The second kappa shape index (κ2) is 14.6. The van der Waals surface area contributed by atoms with Crippen LogP contribution < -0.4 is 20.8 Å². The van der Waals surface area contributed by atoms with E-state index < -0.39 is 42.0 Å². The van der Waals surface area contributed by atoms with Crippen molar-refractivity contribution < 1.29 is 37.0 Å². The van der Waals surface area contributed by atoms with Crippen LogP contribution in [0.5, 0.6) is 11.5 Å². The molecule has 1 unspecified atom stereocenters. The minimum absolute atomic E-state index is 0.0496. The SMILES string of the molecule is COc1cn(C(CCOC(C)(C)C)C(=O)CCc2ccc(C(N)=O)c(F)c2)c(=O)cc1-c1cc(Cl)ccc1OCC(F)F. The lowest BCUT2D eigenvalue weighted by Crippen LogP contribution is -2.32. The number of nitrogens with two attached hydrogens (primary N) is 1. The second-order valence-electron chi connectivity index (χ2n) is 10.8. The molecular weight excluding hydrogens is 589 g/mol. The summed E-state index contributed by atoms with van der Waals surface area (Å²) in [5.41, 5.74) is 4.81. The number of hydrogen-bond acceptors (Lipinski definition) is 6. The molecule has 12 heteroatoms. The van der Waals surface area contributed by atoms with E-state index in [1.165, 1.54) is 54.3 Å². The van der Waals surface area contributed by atoms with Crippen molar-refractivity contribution in [2.75, 3.05) is 20.3 Å². The number of ketones is 1. The van der Waals surface area contributed by atoms with Gasteiger partial charge in [0.2, 0.25) is 0 Å². The van der Waals surface area contributed by atoms with E-state index in [9.17, 15) is 27.6 Å². The van der Waals surface area contributed by atoms with Gasteiger partial charge in [0, 0.05) is 35.2 Å². The Morgan fingerprint density at radius 3 is 2.35 bits per heavy atom. The van der Waals surface area contributed by atoms with Crippen LogP contribution in [0.3, 0.4) is 0 Å². The Hall–Kier alpha value is -3.83. The Labute approximate surface area is 252 Å². The van der Waals surface area contributed by atoms with Gasteiger partial charge in [0.15, 0.2) is 5.78 Å². The highest BCUT2D eigenvalue weighted by atomic mass is 35.5. The Morgan fingerprint density at radius 2 is 1.74 bits per heavy atom. The summed E-state index contributed by atoms with van der Waals surface area (Å²) in [5.74, 6) is -1.77. The first kappa shape index (κ1) is 33.7. The van der Waals surface area contributed by atoms with Gasteiger partial charge in [0.05, 0.1) is 30.5 Å². The van der Waals surface area contributed by atoms with E-state index in [-0.39, 0.29) is 64.9 Å². The summed E-state index contributed by atoms with van der Waals surface area (Å²) in [7, 11) is 1.36. The van der Waals surface area contributed by atoms with Gasteiger partial charge in [-0.15, -0.1) is 0 Å². The van der Waals surface area contributed by atoms with Crippen LogP contribution in [-0.2, 0) is 16.0 Å². The summed E-state index contributed by atoms with van der Waals surface area (Å²) in [6.07, 6.45) is -1.11. The average Bonchev–Trinajstić information content (AvgIpc) is 2.92. The van der Waals surface area contributed by atoms with Gasteiger partial charge >= 0.3 is 0 Å². The van der Waals surface area contributed by atoms with Gasteiger partial charge in [-0.05, 0) is 69.5 Å². The zero-order valence-corrected chi connectivity index (χ0v) is 25.1. The third-order valence-corrected chi connectivity index (χ3v) is 6.69. The molecule has 0 radical (unpaired) electrons. The molecule has 0 saturated carbocycles. The summed E-state index contributed by atoms with van der Waals surface area (Å²) in [5, 5.41) is 0.276. The maximum atomic E-state index is 14.3. The molecule has 0 aliphatic rings. The number of rotatable bonds is 14. The van der Waals surface area contributed by atoms with E-state index in [0.717, 1.165) is 6.07 Å². The molecule has 2 aromatic carbocycles. The molecule has 0 saturated heterocycles. The van der Waals surface area contributed by atoms with Gasteiger partial charge in [-0.1, -0.05) is 17.7 Å². The maximum Gasteiger partial charge on any atom is 0.272 e. The first-order valence-corrected chi connectivity index (χ1v) is 13.8. The first-order chi connectivity index (χ1) is 20.2. The Bertz CT molecular complexity index is 1520. The smallest absolute Gasteiger partial charge is 0.272 e. The summed E-state index contributed by atoms with van der Waals surface area (Å²) in [6, 6.07) is 8.52. The largest absolute Gasteiger partial charge is 0.495 e. The molecule has 1 heterocycles. The zero-order valence-electron chi connectivity index (χ0n) is 24.3. The van der Waals surface area contributed by atoms with E-state index >= 15 is 0 Å². The molecule has 232 valence electrons. The lowest BCUT2D eigenvalue weighted by atomic mass is 9.99. The number of Topliss-reactive ketones (excluding diaryl/α,β-unsaturated/α-hetero) is 1. The number of nitrogens with zero attached hydrogens (tertiary/aromatic N) is 1. The summed E-state index contributed by atoms with van der Waals surface area (Å²) >= 11 is 6.17. The van der Waals surface area contributed by atoms with Crippen LogP contribution in [0.25, 0.3) is 11.1 Å². The van der Waals surface area contributed by atoms with Crippen molar-refractivity contribution >= 4 is 23.3 Å². The molecule has 0 spiro atoms. The van der Waals surface area contributed by atoms with E-state index in [1.807, 2.05) is 20.8 Å². The van der Waals surface area contributed by atoms with E-state index in [4.69, 9.17) is 31.5 Å². The normalized spacial score (nSPS) is 12.3. The van der Waals surface area contributed by atoms with Gasteiger partial charge in [0.1, 0.15) is 23.9 Å². The number of aryl methyl sites for hydroxylation is 1. The van der Waals surface area contributed by atoms with Crippen molar-refractivity contribution in [1.29, 1.82) is 0 Å². The number of pyridine rings is 1. The number of primary amides is 1. The van der Waals surface area contributed by atoms with Gasteiger partial charge in [0.25, 0.3) is 17.9 Å². The molecule has 1 aromatic heterocycles. The van der Waals surface area contributed by atoms with Crippen LogP contribution in [0.1, 0.15) is 55.6 Å². The lowest BCUT2D eigenvalue weighted by molar-refractivity contribution is -0.123. The maximum absolute atomic E-state index is 14.3. The fourth-order valence-electron chi connectivity index (χ4n) is 4.42. The predicted octanol–water partition coefficient (Wildman–Crippen LogP) is 6.01. The minimum atomic E-state index is -2.72. The average molecular weight is 623 g/mol. The Balaban J connectivity index is 1.98. The number of benzene rings is 2. The van der Waals surface area contributed by atoms with Crippen molar-refractivity contribution in [3.63, 3.8) is 0 Å². The molecule has 2 N–H and O–H groups in total. The molecular formula is C31H34ClF3N2O6. The highest BCUT2D eigenvalue weighted by molar-refractivity contribution is 6.31. The van der Waals surface area contributed by atoms with Crippen molar-refractivity contribution in [2.24, 2.45) is 5.73 Å². The molecule has 43 heavy (non-hydrogen) atoms. The monoisotopic (exact) mass is 622 g/mol. The predicted molar refractivity (Wildman–Crippen MR) is 157 cm³/mol. The number of alkyl halides is 2. The van der Waals surface area contributed by atoms with E-state index in [1.54, 1.807) is 0 Å². The summed E-state index contributed by atoms with van der Waals surface area (Å²) in [4.78, 5) is 38.4. The number of hydrogen-bond donors (Lipinski definition) is 1. The third kappa shape index (κ3) is 9.33. The van der Waals surface area contributed by atoms with Crippen molar-refractivity contribution in [3.05, 3.63) is 81.0 Å². The topological polar surface area (TPSA) is 110 Å². The Kier molecular flexibility index (Phi) is 11.4. The van der Waals surface area contributed by atoms with Crippen LogP contribution in [0, 0.1) is 5.82 Å². The number of halogens is 4. The van der Waals surface area contributed by atoms with E-state index in [0.29, 0.717) is 5.56 Å². The molecule has 0 bridgehead atoms. The molecule has 0 fully saturated rings. The van der Waals surface area contributed by atoms with Crippen LogP contribution in [0.2, 0.25) is 5.02 Å². The number of methoxy groups -OCH3 is 1. The van der Waals surface area contributed by atoms with Gasteiger partial charge in [-0.3, -0.25) is 14.4 Å². The first-order valence-electron chi connectivity index (χ1n) is 13.5. The highest BCUT2D eigenvalue weighted by Gasteiger charge is 2.25. The van der Waals surface area contributed by atoms with E-state index in [2.05, 4.69) is 0 Å². The van der Waals surface area contributed by atoms with Gasteiger partial charge in [-0.25, -0.2) is 13.2 Å². The number of aromatic nitrogens is 1. The van der Waals surface area contributed by atoms with Crippen LogP contribution in [0.15, 0.2) is 53.5 Å². The Morgan fingerprint density at radius 1 is 1.05 bits per heavy atom. The van der Waals surface area contributed by atoms with Crippen LogP contribution in [-0.4, -0.2) is 48.6 Å². The fraction of sp³-hybridized carbons (Fsp3) is 0.387. The minimum Gasteiger partial charge on any atom is -0.495 e. The number of amides is 1. The van der Waals surface area contributed by atoms with Crippen molar-refractivity contribution in [1.82, 2.24) is 4.57 Å². The fourth-order valence-corrected chi connectivity index (χ4v) is 4.59. The van der Waals surface area contributed by atoms with Crippen molar-refractivity contribution in [2.45, 2.75) is 58.1 Å². The van der Waals surface area contributed by atoms with Gasteiger partial charge < -0.3 is 24.5 Å². The molecule has 3 rings (SSSR count). The number of carbonyl (C=O) groups excluding carboxylic acids is 2. The third-order valence-electron chi connectivity index (χ3n) is 6.45. The lowest BCUT2D eigenvalue weighted by Gasteiger charge is -2.24. The molecule has 1 atom stereocenters. The molecule has 0 aliphatic carbocycles. The quantitative estimate of drug-likeness (QED) is 0.236. The second-order valence-corrected chi connectivity index (χ2v) is 11.2. The summed E-state index contributed by atoms with van der Waals surface area (Å²) in [6.45, 7) is 4.86. The number of ether oxygens (including phenoxy) is 3. The highest BCUT2D eigenvalue weighted by Crippen LogP contribution is 2.38. The molecule has 1 amide bonds. The summed E-state index contributed by atoms with van der Waals surface area (Å²) < 4.78 is 57.9. The zero-order chi connectivity index (χ0) is 31.9.